The number of aliphatic hydroxyl groups is 1. The van der Waals surface area contributed by atoms with Gasteiger partial charge in [0.2, 0.25) is 5.88 Å². The normalized spacial score (nSPS) is 10.2. The van der Waals surface area contributed by atoms with Crippen LogP contribution in [-0.2, 0) is 6.42 Å². The zero-order valence-corrected chi connectivity index (χ0v) is 9.76. The molecule has 0 saturated carbocycles. The van der Waals surface area contributed by atoms with Crippen molar-refractivity contribution in [2.75, 3.05) is 6.61 Å². The molecule has 4 nitrogen and oxygen atoms in total. The van der Waals surface area contributed by atoms with Gasteiger partial charge in [-0.3, -0.25) is 0 Å². The quantitative estimate of drug-likeness (QED) is 0.847. The minimum Gasteiger partial charge on any atom is -0.439 e. The SMILES string of the molecule is OCCc1ccc(Oc2cc(Cl)ncn2)cc1. The third kappa shape index (κ3) is 3.41. The maximum absolute atomic E-state index is 8.79. The van der Waals surface area contributed by atoms with Gasteiger partial charge in [0.1, 0.15) is 17.2 Å². The summed E-state index contributed by atoms with van der Waals surface area (Å²) >= 11 is 5.72. The first kappa shape index (κ1) is 11.8. The van der Waals surface area contributed by atoms with Gasteiger partial charge in [0.15, 0.2) is 0 Å². The number of rotatable bonds is 4. The molecule has 0 bridgehead atoms. The van der Waals surface area contributed by atoms with Crippen molar-refractivity contribution in [1.29, 1.82) is 0 Å². The molecule has 0 aliphatic heterocycles. The first-order valence-corrected chi connectivity index (χ1v) is 5.51. The Bertz CT molecular complexity index is 488. The van der Waals surface area contributed by atoms with Crippen LogP contribution in [0.5, 0.6) is 11.6 Å². The molecule has 0 amide bonds. The third-order valence-corrected chi connectivity index (χ3v) is 2.36. The molecule has 1 heterocycles. The molecule has 0 saturated heterocycles. The highest BCUT2D eigenvalue weighted by atomic mass is 35.5. The number of benzene rings is 1. The summed E-state index contributed by atoms with van der Waals surface area (Å²) in [7, 11) is 0. The Hall–Kier alpha value is -1.65. The molecule has 1 aromatic heterocycles. The fraction of sp³-hybridized carbons (Fsp3) is 0.167. The summed E-state index contributed by atoms with van der Waals surface area (Å²) in [6.45, 7) is 0.141. The van der Waals surface area contributed by atoms with E-state index in [2.05, 4.69) is 9.97 Å². The topological polar surface area (TPSA) is 55.2 Å². The Morgan fingerprint density at radius 2 is 1.94 bits per heavy atom. The van der Waals surface area contributed by atoms with E-state index in [1.165, 1.54) is 6.33 Å². The van der Waals surface area contributed by atoms with Crippen LogP contribution in [0, 0.1) is 0 Å². The summed E-state index contributed by atoms with van der Waals surface area (Å²) in [5, 5.41) is 9.13. The van der Waals surface area contributed by atoms with E-state index >= 15 is 0 Å². The average Bonchev–Trinajstić information content (AvgIpc) is 2.32. The van der Waals surface area contributed by atoms with E-state index < -0.39 is 0 Å². The summed E-state index contributed by atoms with van der Waals surface area (Å²) in [5.74, 6) is 1.07. The maximum atomic E-state index is 8.79. The van der Waals surface area contributed by atoms with Gasteiger partial charge in [0.25, 0.3) is 0 Å². The van der Waals surface area contributed by atoms with Crippen LogP contribution in [0.4, 0.5) is 0 Å². The first-order valence-electron chi connectivity index (χ1n) is 5.13. The molecule has 2 aromatic rings. The van der Waals surface area contributed by atoms with E-state index in [1.54, 1.807) is 6.07 Å². The van der Waals surface area contributed by atoms with E-state index in [1.807, 2.05) is 24.3 Å². The highest BCUT2D eigenvalue weighted by Gasteiger charge is 2.00. The van der Waals surface area contributed by atoms with Crippen LogP contribution < -0.4 is 4.74 Å². The van der Waals surface area contributed by atoms with Gasteiger partial charge in [-0.1, -0.05) is 23.7 Å². The molecule has 0 aliphatic carbocycles. The number of ether oxygens (including phenoxy) is 1. The van der Waals surface area contributed by atoms with Crippen molar-refractivity contribution in [3.8, 4) is 11.6 Å². The van der Waals surface area contributed by atoms with Crippen LogP contribution in [0.15, 0.2) is 36.7 Å². The number of halogens is 1. The molecule has 0 aliphatic rings. The Morgan fingerprint density at radius 3 is 2.59 bits per heavy atom. The second-order valence-corrected chi connectivity index (χ2v) is 3.79. The van der Waals surface area contributed by atoms with Crippen LogP contribution in [0.3, 0.4) is 0 Å². The van der Waals surface area contributed by atoms with Gasteiger partial charge in [-0.15, -0.1) is 0 Å². The molecular weight excluding hydrogens is 240 g/mol. The van der Waals surface area contributed by atoms with E-state index in [4.69, 9.17) is 21.4 Å². The number of aliphatic hydroxyl groups excluding tert-OH is 1. The molecule has 17 heavy (non-hydrogen) atoms. The summed E-state index contributed by atoms with van der Waals surface area (Å²) in [6.07, 6.45) is 1.98. The van der Waals surface area contributed by atoms with Crippen LogP contribution >= 0.6 is 11.6 Å². The van der Waals surface area contributed by atoms with Crippen molar-refractivity contribution in [2.45, 2.75) is 6.42 Å². The van der Waals surface area contributed by atoms with Crippen molar-refractivity contribution in [3.63, 3.8) is 0 Å². The van der Waals surface area contributed by atoms with E-state index in [-0.39, 0.29) is 6.61 Å². The Morgan fingerprint density at radius 1 is 1.18 bits per heavy atom. The number of hydrogen-bond donors (Lipinski definition) is 1. The molecule has 0 radical (unpaired) electrons. The fourth-order valence-electron chi connectivity index (χ4n) is 1.35. The molecule has 1 N–H and O–H groups in total. The molecule has 1 aromatic carbocycles. The van der Waals surface area contributed by atoms with Crippen molar-refractivity contribution in [3.05, 3.63) is 47.4 Å². The van der Waals surface area contributed by atoms with Crippen LogP contribution in [-0.4, -0.2) is 21.7 Å². The van der Waals surface area contributed by atoms with Crippen LogP contribution in [0.25, 0.3) is 0 Å². The lowest BCUT2D eigenvalue weighted by Gasteiger charge is -2.05. The minimum absolute atomic E-state index is 0.141. The second kappa shape index (κ2) is 5.61. The highest BCUT2D eigenvalue weighted by molar-refractivity contribution is 6.29. The fourth-order valence-corrected chi connectivity index (χ4v) is 1.48. The molecule has 0 atom stereocenters. The summed E-state index contributed by atoms with van der Waals surface area (Å²) < 4.78 is 5.49. The largest absolute Gasteiger partial charge is 0.439 e. The van der Waals surface area contributed by atoms with Crippen LogP contribution in [0.1, 0.15) is 5.56 Å². The average molecular weight is 251 g/mol. The Balaban J connectivity index is 2.08. The smallest absolute Gasteiger partial charge is 0.223 e. The highest BCUT2D eigenvalue weighted by Crippen LogP contribution is 2.21. The standard InChI is InChI=1S/C12H11ClN2O2/c13-11-7-12(15-8-14-11)17-10-3-1-9(2-4-10)5-6-16/h1-4,7-8,16H,5-6H2. The van der Waals surface area contributed by atoms with Gasteiger partial charge in [0, 0.05) is 12.7 Å². The van der Waals surface area contributed by atoms with Crippen molar-refractivity contribution in [1.82, 2.24) is 9.97 Å². The van der Waals surface area contributed by atoms with Crippen LogP contribution in [0.2, 0.25) is 5.15 Å². The van der Waals surface area contributed by atoms with E-state index in [0.29, 0.717) is 23.2 Å². The Labute approximate surface area is 104 Å². The minimum atomic E-state index is 0.141. The van der Waals surface area contributed by atoms with E-state index in [0.717, 1.165) is 5.56 Å². The summed E-state index contributed by atoms with van der Waals surface area (Å²) in [5.41, 5.74) is 1.06. The van der Waals surface area contributed by atoms with Crippen molar-refractivity contribution < 1.29 is 9.84 Å². The first-order chi connectivity index (χ1) is 8.28. The monoisotopic (exact) mass is 250 g/mol. The Kier molecular flexibility index (Phi) is 3.90. The molecular formula is C12H11ClN2O2. The van der Waals surface area contributed by atoms with Gasteiger partial charge in [-0.2, -0.15) is 0 Å². The summed E-state index contributed by atoms with van der Waals surface area (Å²) in [4.78, 5) is 7.70. The van der Waals surface area contributed by atoms with Gasteiger partial charge in [-0.25, -0.2) is 9.97 Å². The van der Waals surface area contributed by atoms with Gasteiger partial charge >= 0.3 is 0 Å². The molecule has 0 fully saturated rings. The zero-order chi connectivity index (χ0) is 12.1. The lowest BCUT2D eigenvalue weighted by atomic mass is 10.1. The lowest BCUT2D eigenvalue weighted by Crippen LogP contribution is -1.92. The maximum Gasteiger partial charge on any atom is 0.223 e. The van der Waals surface area contributed by atoms with Gasteiger partial charge in [-0.05, 0) is 24.1 Å². The van der Waals surface area contributed by atoms with Crippen molar-refractivity contribution >= 4 is 11.6 Å². The molecule has 5 heteroatoms. The predicted molar refractivity (Wildman–Crippen MR) is 64.3 cm³/mol. The molecule has 88 valence electrons. The second-order valence-electron chi connectivity index (χ2n) is 3.40. The predicted octanol–water partition coefficient (Wildman–Crippen LogP) is 2.46. The van der Waals surface area contributed by atoms with E-state index in [9.17, 15) is 0 Å². The molecule has 0 spiro atoms. The number of hydrogen-bond acceptors (Lipinski definition) is 4. The number of nitrogens with zero attached hydrogens (tertiary/aromatic N) is 2. The van der Waals surface area contributed by atoms with Gasteiger partial charge < -0.3 is 9.84 Å². The van der Waals surface area contributed by atoms with Gasteiger partial charge in [0.05, 0.1) is 0 Å². The number of aromatic nitrogens is 2. The zero-order valence-electron chi connectivity index (χ0n) is 9.01. The van der Waals surface area contributed by atoms with Crippen molar-refractivity contribution in [2.24, 2.45) is 0 Å². The third-order valence-electron chi connectivity index (χ3n) is 2.15. The molecule has 0 unspecified atom stereocenters. The lowest BCUT2D eigenvalue weighted by molar-refractivity contribution is 0.299. The summed E-state index contributed by atoms with van der Waals surface area (Å²) in [6, 6.07) is 8.98. The molecule has 2 rings (SSSR count).